The van der Waals surface area contributed by atoms with Crippen LogP contribution in [0, 0.1) is 0 Å². The number of carbonyl (C=O) groups excluding carboxylic acids is 1. The van der Waals surface area contributed by atoms with Crippen LogP contribution in [0.1, 0.15) is 34.1 Å². The molecule has 0 heterocycles. The normalized spacial score (nSPS) is 11.1. The van der Waals surface area contributed by atoms with E-state index >= 15 is 0 Å². The summed E-state index contributed by atoms with van der Waals surface area (Å²) in [4.78, 5) is 23.2. The molecule has 0 aliphatic rings. The molecule has 13 heavy (non-hydrogen) atoms. The lowest BCUT2D eigenvalue weighted by atomic mass is 10.1. The molecule has 0 rings (SSSR count). The highest BCUT2D eigenvalue weighted by atomic mass is 16.4. The second-order valence-electron chi connectivity index (χ2n) is 3.90. The third kappa shape index (κ3) is 3.92. The Hall–Kier alpha value is -1.06. The summed E-state index contributed by atoms with van der Waals surface area (Å²) in [5, 5.41) is 8.60. The minimum atomic E-state index is -0.975. The van der Waals surface area contributed by atoms with Gasteiger partial charge in [-0.25, -0.2) is 0 Å². The molecule has 0 aliphatic carbocycles. The molecular weight excluding hydrogens is 170 g/mol. The number of carboxylic acid groups (broad SMARTS) is 1. The number of hydrogen-bond donors (Lipinski definition) is 1. The van der Waals surface area contributed by atoms with E-state index < -0.39 is 11.5 Å². The lowest BCUT2D eigenvalue weighted by molar-refractivity contribution is -0.148. The summed E-state index contributed by atoms with van der Waals surface area (Å²) in [5.74, 6) is -1.10. The first kappa shape index (κ1) is 11.9. The van der Waals surface area contributed by atoms with Crippen molar-refractivity contribution in [3.63, 3.8) is 0 Å². The van der Waals surface area contributed by atoms with Crippen molar-refractivity contribution in [3.8, 4) is 0 Å². The average Bonchev–Trinajstić information content (AvgIpc) is 1.96. The topological polar surface area (TPSA) is 57.6 Å². The Labute approximate surface area is 78.5 Å². The second-order valence-corrected chi connectivity index (χ2v) is 3.90. The van der Waals surface area contributed by atoms with Crippen LogP contribution in [0.3, 0.4) is 0 Å². The maximum atomic E-state index is 11.4. The molecule has 0 saturated carbocycles. The van der Waals surface area contributed by atoms with Crippen molar-refractivity contribution in [3.05, 3.63) is 0 Å². The Bertz CT molecular complexity index is 205. The lowest BCUT2D eigenvalue weighted by Crippen LogP contribution is -2.47. The van der Waals surface area contributed by atoms with Crippen molar-refractivity contribution in [2.24, 2.45) is 0 Å². The molecule has 4 nitrogen and oxygen atoms in total. The second kappa shape index (κ2) is 4.25. The van der Waals surface area contributed by atoms with Crippen LogP contribution in [-0.4, -0.2) is 34.0 Å². The summed E-state index contributed by atoms with van der Waals surface area (Å²) in [7, 11) is 0. The Balaban J connectivity index is 4.56. The summed E-state index contributed by atoms with van der Waals surface area (Å²) >= 11 is 0. The lowest BCUT2D eigenvalue weighted by Gasteiger charge is -2.34. The van der Waals surface area contributed by atoms with Crippen molar-refractivity contribution in [2.75, 3.05) is 6.54 Å². The van der Waals surface area contributed by atoms with Gasteiger partial charge in [0.1, 0.15) is 6.54 Å². The zero-order valence-corrected chi connectivity index (χ0v) is 8.63. The van der Waals surface area contributed by atoms with Gasteiger partial charge in [-0.3, -0.25) is 9.59 Å². The predicted molar refractivity (Wildman–Crippen MR) is 49.4 cm³/mol. The molecule has 0 atom stereocenters. The molecule has 0 aromatic heterocycles. The first-order valence-electron chi connectivity index (χ1n) is 4.31. The van der Waals surface area contributed by atoms with Crippen LogP contribution in [0.2, 0.25) is 0 Å². The van der Waals surface area contributed by atoms with Gasteiger partial charge >= 0.3 is 5.97 Å². The van der Waals surface area contributed by atoms with Gasteiger partial charge in [0, 0.05) is 12.0 Å². The van der Waals surface area contributed by atoms with E-state index in [2.05, 4.69) is 0 Å². The van der Waals surface area contributed by atoms with Gasteiger partial charge in [0.15, 0.2) is 0 Å². The van der Waals surface area contributed by atoms with Crippen molar-refractivity contribution in [1.29, 1.82) is 0 Å². The molecule has 0 fully saturated rings. The van der Waals surface area contributed by atoms with Gasteiger partial charge in [-0.05, 0) is 20.8 Å². The average molecular weight is 187 g/mol. The Morgan fingerprint density at radius 1 is 1.31 bits per heavy atom. The first-order chi connectivity index (χ1) is 5.79. The Morgan fingerprint density at radius 2 is 1.77 bits per heavy atom. The van der Waals surface area contributed by atoms with Gasteiger partial charge in [-0.2, -0.15) is 0 Å². The van der Waals surface area contributed by atoms with Crippen LogP contribution in [0.5, 0.6) is 0 Å². The Morgan fingerprint density at radius 3 is 2.00 bits per heavy atom. The van der Waals surface area contributed by atoms with Crippen molar-refractivity contribution in [2.45, 2.75) is 39.7 Å². The highest BCUT2D eigenvalue weighted by Gasteiger charge is 2.26. The van der Waals surface area contributed by atoms with E-state index in [-0.39, 0.29) is 12.5 Å². The standard InChI is InChI=1S/C9H17NO3/c1-5-7(11)10(6-8(12)13)9(2,3)4/h5-6H2,1-4H3,(H,12,13). The maximum absolute atomic E-state index is 11.4. The van der Waals surface area contributed by atoms with E-state index in [4.69, 9.17) is 5.11 Å². The summed E-state index contributed by atoms with van der Waals surface area (Å²) in [5.41, 5.74) is -0.425. The molecule has 0 saturated heterocycles. The number of amides is 1. The van der Waals surface area contributed by atoms with Gasteiger partial charge in [0.25, 0.3) is 0 Å². The van der Waals surface area contributed by atoms with E-state index in [0.717, 1.165) is 0 Å². The fourth-order valence-electron chi connectivity index (χ4n) is 1.03. The maximum Gasteiger partial charge on any atom is 0.323 e. The summed E-state index contributed by atoms with van der Waals surface area (Å²) in [6.07, 6.45) is 0.338. The highest BCUT2D eigenvalue weighted by Crippen LogP contribution is 2.13. The minimum absolute atomic E-state index is 0.130. The van der Waals surface area contributed by atoms with Crippen LogP contribution >= 0.6 is 0 Å². The molecule has 0 aliphatic heterocycles. The van der Waals surface area contributed by atoms with Crippen LogP contribution in [0.25, 0.3) is 0 Å². The molecule has 0 bridgehead atoms. The number of nitrogens with zero attached hydrogens (tertiary/aromatic N) is 1. The van der Waals surface area contributed by atoms with E-state index in [9.17, 15) is 9.59 Å². The quantitative estimate of drug-likeness (QED) is 0.720. The van der Waals surface area contributed by atoms with E-state index in [1.165, 1.54) is 4.90 Å². The van der Waals surface area contributed by atoms with Crippen molar-refractivity contribution >= 4 is 11.9 Å². The molecule has 0 aromatic carbocycles. The number of carboxylic acids is 1. The third-order valence-electron chi connectivity index (χ3n) is 1.71. The minimum Gasteiger partial charge on any atom is -0.480 e. The van der Waals surface area contributed by atoms with Crippen LogP contribution < -0.4 is 0 Å². The van der Waals surface area contributed by atoms with E-state index in [1.54, 1.807) is 6.92 Å². The van der Waals surface area contributed by atoms with Gasteiger partial charge < -0.3 is 10.0 Å². The van der Waals surface area contributed by atoms with Gasteiger partial charge in [0.05, 0.1) is 0 Å². The smallest absolute Gasteiger partial charge is 0.323 e. The van der Waals surface area contributed by atoms with Gasteiger partial charge in [-0.15, -0.1) is 0 Å². The molecule has 4 heteroatoms. The predicted octanol–water partition coefficient (Wildman–Crippen LogP) is 1.11. The van der Waals surface area contributed by atoms with Crippen molar-refractivity contribution < 1.29 is 14.7 Å². The monoisotopic (exact) mass is 187 g/mol. The molecule has 0 unspecified atom stereocenters. The SMILES string of the molecule is CCC(=O)N(CC(=O)O)C(C)(C)C. The van der Waals surface area contributed by atoms with Crippen LogP contribution in [-0.2, 0) is 9.59 Å². The molecule has 0 aromatic rings. The zero-order chi connectivity index (χ0) is 10.6. The van der Waals surface area contributed by atoms with Crippen LogP contribution in [0.4, 0.5) is 0 Å². The number of hydrogen-bond acceptors (Lipinski definition) is 2. The molecule has 1 N–H and O–H groups in total. The van der Waals surface area contributed by atoms with Crippen LogP contribution in [0.15, 0.2) is 0 Å². The number of aliphatic carboxylic acids is 1. The molecule has 0 radical (unpaired) electrons. The number of rotatable bonds is 3. The van der Waals surface area contributed by atoms with E-state index in [1.807, 2.05) is 20.8 Å². The number of carbonyl (C=O) groups is 2. The highest BCUT2D eigenvalue weighted by molar-refractivity contribution is 5.81. The molecular formula is C9H17NO3. The van der Waals surface area contributed by atoms with Gasteiger partial charge in [0.2, 0.25) is 5.91 Å². The van der Waals surface area contributed by atoms with Crippen molar-refractivity contribution in [1.82, 2.24) is 4.90 Å². The first-order valence-corrected chi connectivity index (χ1v) is 4.31. The molecule has 0 spiro atoms. The molecule has 1 amide bonds. The molecule has 76 valence electrons. The fourth-order valence-corrected chi connectivity index (χ4v) is 1.03. The largest absolute Gasteiger partial charge is 0.480 e. The zero-order valence-electron chi connectivity index (χ0n) is 8.63. The Kier molecular flexibility index (Phi) is 3.91. The van der Waals surface area contributed by atoms with Gasteiger partial charge in [-0.1, -0.05) is 6.92 Å². The summed E-state index contributed by atoms with van der Waals surface area (Å²) in [6.45, 7) is 6.97. The van der Waals surface area contributed by atoms with E-state index in [0.29, 0.717) is 6.42 Å². The summed E-state index contributed by atoms with van der Waals surface area (Å²) in [6, 6.07) is 0. The third-order valence-corrected chi connectivity index (χ3v) is 1.71. The summed E-state index contributed by atoms with van der Waals surface area (Å²) < 4.78 is 0. The fraction of sp³-hybridized carbons (Fsp3) is 0.778.